The van der Waals surface area contributed by atoms with E-state index < -0.39 is 0 Å². The molecule has 94 valence electrons. The van der Waals surface area contributed by atoms with E-state index in [1.807, 2.05) is 6.92 Å². The van der Waals surface area contributed by atoms with Crippen molar-refractivity contribution in [2.75, 3.05) is 0 Å². The van der Waals surface area contributed by atoms with Crippen LogP contribution in [0.2, 0.25) is 0 Å². The summed E-state index contributed by atoms with van der Waals surface area (Å²) in [4.78, 5) is 9.07. The molecule has 2 rings (SSSR count). The molecular weight excluding hydrogens is 220 g/mol. The molecule has 0 saturated heterocycles. The molecular formula is C16H20N2. The van der Waals surface area contributed by atoms with E-state index in [0.717, 1.165) is 22.8 Å². The third-order valence-corrected chi connectivity index (χ3v) is 2.95. The van der Waals surface area contributed by atoms with Gasteiger partial charge in [0.15, 0.2) is 0 Å². The van der Waals surface area contributed by atoms with Gasteiger partial charge in [0.25, 0.3) is 0 Å². The Morgan fingerprint density at radius 1 is 0.889 bits per heavy atom. The number of aryl methyl sites for hydroxylation is 2. The van der Waals surface area contributed by atoms with Crippen LogP contribution >= 0.6 is 0 Å². The zero-order valence-electron chi connectivity index (χ0n) is 11.8. The normalized spacial score (nSPS) is 11.6. The first kappa shape index (κ1) is 12.7. The molecule has 1 heterocycles. The van der Waals surface area contributed by atoms with Gasteiger partial charge in [-0.1, -0.05) is 50.6 Å². The van der Waals surface area contributed by atoms with Gasteiger partial charge in [0.05, 0.1) is 11.4 Å². The second-order valence-electron chi connectivity index (χ2n) is 5.80. The lowest BCUT2D eigenvalue weighted by Gasteiger charge is -2.19. The van der Waals surface area contributed by atoms with Crippen LogP contribution in [0.25, 0.3) is 11.3 Å². The predicted octanol–water partition coefficient (Wildman–Crippen LogP) is 4.06. The van der Waals surface area contributed by atoms with E-state index in [1.54, 1.807) is 0 Å². The summed E-state index contributed by atoms with van der Waals surface area (Å²) in [6.45, 7) is 10.6. The van der Waals surface area contributed by atoms with Crippen molar-refractivity contribution < 1.29 is 0 Å². The lowest BCUT2D eigenvalue weighted by molar-refractivity contribution is 0.564. The first-order valence-electron chi connectivity index (χ1n) is 6.29. The Labute approximate surface area is 109 Å². The van der Waals surface area contributed by atoms with E-state index in [9.17, 15) is 0 Å². The molecule has 0 amide bonds. The summed E-state index contributed by atoms with van der Waals surface area (Å²) in [5.41, 5.74) is 4.56. The van der Waals surface area contributed by atoms with Crippen LogP contribution in [-0.4, -0.2) is 9.97 Å². The standard InChI is InChI=1S/C16H20N2/c1-11-6-8-13(9-7-11)14-10-15(16(3,4)5)18-12(2)17-14/h6-10H,1-5H3. The average molecular weight is 240 g/mol. The van der Waals surface area contributed by atoms with E-state index in [0.29, 0.717) is 0 Å². The van der Waals surface area contributed by atoms with Crippen LogP contribution in [0.1, 0.15) is 37.9 Å². The molecule has 0 bridgehead atoms. The maximum Gasteiger partial charge on any atom is 0.126 e. The molecule has 0 fully saturated rings. The van der Waals surface area contributed by atoms with Crippen molar-refractivity contribution in [3.05, 3.63) is 47.4 Å². The summed E-state index contributed by atoms with van der Waals surface area (Å²) in [6, 6.07) is 10.6. The van der Waals surface area contributed by atoms with Gasteiger partial charge < -0.3 is 0 Å². The van der Waals surface area contributed by atoms with E-state index >= 15 is 0 Å². The first-order chi connectivity index (χ1) is 8.36. The highest BCUT2D eigenvalue weighted by molar-refractivity contribution is 5.60. The largest absolute Gasteiger partial charge is 0.238 e. The van der Waals surface area contributed by atoms with Crippen molar-refractivity contribution in [3.8, 4) is 11.3 Å². The summed E-state index contributed by atoms with van der Waals surface area (Å²) in [6.07, 6.45) is 0. The van der Waals surface area contributed by atoms with E-state index in [1.165, 1.54) is 5.56 Å². The Bertz CT molecular complexity index is 548. The van der Waals surface area contributed by atoms with Crippen LogP contribution in [0.5, 0.6) is 0 Å². The highest BCUT2D eigenvalue weighted by Crippen LogP contribution is 2.25. The molecule has 0 N–H and O–H groups in total. The van der Waals surface area contributed by atoms with Crippen LogP contribution in [0.4, 0.5) is 0 Å². The van der Waals surface area contributed by atoms with Crippen LogP contribution < -0.4 is 0 Å². The maximum atomic E-state index is 4.54. The molecule has 2 nitrogen and oxygen atoms in total. The Kier molecular flexibility index (Phi) is 3.20. The van der Waals surface area contributed by atoms with Crippen LogP contribution in [0.3, 0.4) is 0 Å². The minimum absolute atomic E-state index is 0.0488. The molecule has 0 aliphatic rings. The first-order valence-corrected chi connectivity index (χ1v) is 6.29. The minimum atomic E-state index is 0.0488. The summed E-state index contributed by atoms with van der Waals surface area (Å²) in [5.74, 6) is 0.831. The van der Waals surface area contributed by atoms with Crippen molar-refractivity contribution in [3.63, 3.8) is 0 Å². The number of rotatable bonds is 1. The highest BCUT2D eigenvalue weighted by Gasteiger charge is 2.17. The summed E-state index contributed by atoms with van der Waals surface area (Å²) in [7, 11) is 0. The number of nitrogens with zero attached hydrogens (tertiary/aromatic N) is 2. The van der Waals surface area contributed by atoms with E-state index in [2.05, 4.69) is 68.0 Å². The zero-order chi connectivity index (χ0) is 13.3. The summed E-state index contributed by atoms with van der Waals surface area (Å²) in [5, 5.41) is 0. The van der Waals surface area contributed by atoms with Gasteiger partial charge >= 0.3 is 0 Å². The van der Waals surface area contributed by atoms with E-state index in [-0.39, 0.29) is 5.41 Å². The lowest BCUT2D eigenvalue weighted by Crippen LogP contribution is -2.15. The second-order valence-corrected chi connectivity index (χ2v) is 5.80. The van der Waals surface area contributed by atoms with Gasteiger partial charge in [0.1, 0.15) is 5.82 Å². The molecule has 0 saturated carbocycles. The van der Waals surface area contributed by atoms with Gasteiger partial charge in [-0.25, -0.2) is 9.97 Å². The number of hydrogen-bond donors (Lipinski definition) is 0. The minimum Gasteiger partial charge on any atom is -0.238 e. The molecule has 0 aliphatic carbocycles. The van der Waals surface area contributed by atoms with Crippen molar-refractivity contribution in [1.29, 1.82) is 0 Å². The SMILES string of the molecule is Cc1ccc(-c2cc(C(C)(C)C)nc(C)n2)cc1. The molecule has 18 heavy (non-hydrogen) atoms. The van der Waals surface area contributed by atoms with Crippen LogP contribution in [-0.2, 0) is 5.41 Å². The van der Waals surface area contributed by atoms with Crippen molar-refractivity contribution in [1.82, 2.24) is 9.97 Å². The fourth-order valence-electron chi connectivity index (χ4n) is 1.82. The highest BCUT2D eigenvalue weighted by atomic mass is 14.9. The van der Waals surface area contributed by atoms with Gasteiger partial charge in [-0.15, -0.1) is 0 Å². The fourth-order valence-corrected chi connectivity index (χ4v) is 1.82. The molecule has 0 aliphatic heterocycles. The summed E-state index contributed by atoms with van der Waals surface area (Å²) >= 11 is 0. The zero-order valence-corrected chi connectivity index (χ0v) is 11.8. The molecule has 2 heteroatoms. The lowest BCUT2D eigenvalue weighted by atomic mass is 9.91. The second kappa shape index (κ2) is 4.52. The Morgan fingerprint density at radius 3 is 2.06 bits per heavy atom. The van der Waals surface area contributed by atoms with Gasteiger partial charge in [-0.3, -0.25) is 0 Å². The predicted molar refractivity (Wildman–Crippen MR) is 75.6 cm³/mol. The van der Waals surface area contributed by atoms with Crippen molar-refractivity contribution >= 4 is 0 Å². The summed E-state index contributed by atoms with van der Waals surface area (Å²) < 4.78 is 0. The monoisotopic (exact) mass is 240 g/mol. The molecule has 1 aromatic heterocycles. The molecule has 0 radical (unpaired) electrons. The smallest absolute Gasteiger partial charge is 0.126 e. The Balaban J connectivity index is 2.52. The fraction of sp³-hybridized carbons (Fsp3) is 0.375. The maximum absolute atomic E-state index is 4.54. The third kappa shape index (κ3) is 2.76. The van der Waals surface area contributed by atoms with Crippen molar-refractivity contribution in [2.45, 2.75) is 40.0 Å². The van der Waals surface area contributed by atoms with Gasteiger partial charge in [-0.05, 0) is 19.9 Å². The molecule has 2 aromatic rings. The Hall–Kier alpha value is -1.70. The Morgan fingerprint density at radius 2 is 1.50 bits per heavy atom. The van der Waals surface area contributed by atoms with Gasteiger partial charge in [0, 0.05) is 11.0 Å². The van der Waals surface area contributed by atoms with Gasteiger partial charge in [0.2, 0.25) is 0 Å². The van der Waals surface area contributed by atoms with Crippen LogP contribution in [0, 0.1) is 13.8 Å². The third-order valence-electron chi connectivity index (χ3n) is 2.95. The van der Waals surface area contributed by atoms with Crippen LogP contribution in [0.15, 0.2) is 30.3 Å². The van der Waals surface area contributed by atoms with Crippen molar-refractivity contribution in [2.24, 2.45) is 0 Å². The number of hydrogen-bond acceptors (Lipinski definition) is 2. The molecule has 0 atom stereocenters. The van der Waals surface area contributed by atoms with Gasteiger partial charge in [-0.2, -0.15) is 0 Å². The molecule has 0 spiro atoms. The topological polar surface area (TPSA) is 25.8 Å². The van der Waals surface area contributed by atoms with E-state index in [4.69, 9.17) is 0 Å². The quantitative estimate of drug-likeness (QED) is 0.751. The molecule has 0 unspecified atom stereocenters. The number of aromatic nitrogens is 2. The molecule has 1 aromatic carbocycles. The number of benzene rings is 1. The average Bonchev–Trinajstić information content (AvgIpc) is 2.28.